The molecule has 118 valence electrons. The second-order valence-corrected chi connectivity index (χ2v) is 7.01. The van der Waals surface area contributed by atoms with Gasteiger partial charge in [-0.05, 0) is 25.7 Å². The van der Waals surface area contributed by atoms with Crippen molar-refractivity contribution in [1.82, 2.24) is 9.80 Å². The second kappa shape index (κ2) is 5.52. The quantitative estimate of drug-likeness (QED) is 0.758. The van der Waals surface area contributed by atoms with Crippen LogP contribution in [0.2, 0.25) is 0 Å². The van der Waals surface area contributed by atoms with Crippen molar-refractivity contribution in [3.05, 3.63) is 0 Å². The van der Waals surface area contributed by atoms with E-state index >= 15 is 0 Å². The van der Waals surface area contributed by atoms with Crippen LogP contribution < -0.4 is 0 Å². The van der Waals surface area contributed by atoms with E-state index in [0.29, 0.717) is 19.1 Å². The van der Waals surface area contributed by atoms with E-state index in [1.54, 1.807) is 0 Å². The van der Waals surface area contributed by atoms with Crippen LogP contribution in [-0.4, -0.2) is 73.9 Å². The smallest absolute Gasteiger partial charge is 0.232 e. The molecule has 0 spiro atoms. The third-order valence-corrected chi connectivity index (χ3v) is 5.96. The van der Waals surface area contributed by atoms with Crippen molar-refractivity contribution in [1.29, 1.82) is 0 Å². The predicted octanol–water partition coefficient (Wildman–Crippen LogP) is 0.879. The number of rotatable bonds is 2. The molecule has 5 nitrogen and oxygen atoms in total. The molecule has 0 radical (unpaired) electrons. The van der Waals surface area contributed by atoms with Crippen LogP contribution in [0.1, 0.15) is 32.1 Å². The van der Waals surface area contributed by atoms with Crippen molar-refractivity contribution in [2.75, 3.05) is 46.0 Å². The number of carbonyl (C=O) groups excluding carboxylic acids is 1. The maximum absolute atomic E-state index is 13.2. The van der Waals surface area contributed by atoms with Crippen molar-refractivity contribution in [3.63, 3.8) is 0 Å². The van der Waals surface area contributed by atoms with E-state index in [1.807, 2.05) is 4.90 Å². The van der Waals surface area contributed by atoms with Crippen LogP contribution in [0.3, 0.4) is 0 Å². The third-order valence-electron chi connectivity index (χ3n) is 5.96. The molecule has 4 rings (SSSR count). The molecule has 0 unspecified atom stereocenters. The third kappa shape index (κ3) is 2.30. The molecule has 4 fully saturated rings. The predicted molar refractivity (Wildman–Crippen MR) is 78.0 cm³/mol. The highest BCUT2D eigenvalue weighted by Crippen LogP contribution is 2.44. The zero-order valence-electron chi connectivity index (χ0n) is 12.8. The SMILES string of the molecule is O=C(N1CCOCC1)[C@@]12CCO[C@@H]1CCN(C1CCC1)C2. The maximum atomic E-state index is 13.2. The van der Waals surface area contributed by atoms with Gasteiger partial charge in [-0.25, -0.2) is 0 Å². The molecule has 0 bridgehead atoms. The summed E-state index contributed by atoms with van der Waals surface area (Å²) >= 11 is 0. The van der Waals surface area contributed by atoms with Crippen molar-refractivity contribution in [2.45, 2.75) is 44.2 Å². The molecule has 0 aromatic rings. The minimum Gasteiger partial charge on any atom is -0.378 e. The van der Waals surface area contributed by atoms with Gasteiger partial charge >= 0.3 is 0 Å². The Labute approximate surface area is 126 Å². The molecular weight excluding hydrogens is 268 g/mol. The van der Waals surface area contributed by atoms with E-state index in [1.165, 1.54) is 19.3 Å². The Morgan fingerprint density at radius 2 is 1.86 bits per heavy atom. The summed E-state index contributed by atoms with van der Waals surface area (Å²) in [5.41, 5.74) is -0.273. The highest BCUT2D eigenvalue weighted by atomic mass is 16.5. The fourth-order valence-corrected chi connectivity index (χ4v) is 4.43. The minimum absolute atomic E-state index is 0.143. The fraction of sp³-hybridized carbons (Fsp3) is 0.938. The molecule has 2 atom stereocenters. The summed E-state index contributed by atoms with van der Waals surface area (Å²) < 4.78 is 11.3. The summed E-state index contributed by atoms with van der Waals surface area (Å²) in [5.74, 6) is 0.331. The molecule has 1 saturated carbocycles. The molecule has 21 heavy (non-hydrogen) atoms. The Morgan fingerprint density at radius 3 is 2.57 bits per heavy atom. The number of piperidine rings is 1. The van der Waals surface area contributed by atoms with E-state index in [4.69, 9.17) is 9.47 Å². The largest absolute Gasteiger partial charge is 0.378 e. The highest BCUT2D eigenvalue weighted by molar-refractivity contribution is 5.84. The van der Waals surface area contributed by atoms with E-state index in [2.05, 4.69) is 4.90 Å². The number of fused-ring (bicyclic) bond motifs is 1. The average molecular weight is 294 g/mol. The van der Waals surface area contributed by atoms with E-state index in [9.17, 15) is 4.79 Å². The summed E-state index contributed by atoms with van der Waals surface area (Å²) in [6.45, 7) is 5.62. The van der Waals surface area contributed by atoms with Crippen LogP contribution in [0.5, 0.6) is 0 Å². The Bertz CT molecular complexity index is 406. The van der Waals surface area contributed by atoms with Gasteiger partial charge in [-0.1, -0.05) is 6.42 Å². The molecule has 5 heteroatoms. The Balaban J connectivity index is 1.53. The standard InChI is InChI=1S/C16H26N2O3/c19-15(17-7-10-20-11-8-17)16-5-9-21-14(16)4-6-18(12-16)13-2-1-3-13/h13-14H,1-12H2/t14-,16-/m1/s1. The van der Waals surface area contributed by atoms with Gasteiger partial charge < -0.3 is 14.4 Å². The van der Waals surface area contributed by atoms with Crippen LogP contribution >= 0.6 is 0 Å². The van der Waals surface area contributed by atoms with Gasteiger partial charge in [-0.3, -0.25) is 9.69 Å². The monoisotopic (exact) mass is 294 g/mol. The lowest BCUT2D eigenvalue weighted by Gasteiger charge is -2.49. The molecule has 3 heterocycles. The maximum Gasteiger partial charge on any atom is 0.232 e. The number of likely N-dealkylation sites (tertiary alicyclic amines) is 1. The van der Waals surface area contributed by atoms with Crippen molar-refractivity contribution in [2.24, 2.45) is 5.41 Å². The molecular formula is C16H26N2O3. The first kappa shape index (κ1) is 14.0. The molecule has 1 aliphatic carbocycles. The molecule has 0 aromatic carbocycles. The average Bonchev–Trinajstić information content (AvgIpc) is 2.90. The lowest BCUT2D eigenvalue weighted by Crippen LogP contribution is -2.61. The van der Waals surface area contributed by atoms with E-state index in [0.717, 1.165) is 51.7 Å². The molecule has 0 N–H and O–H groups in total. The van der Waals surface area contributed by atoms with Crippen LogP contribution in [0.4, 0.5) is 0 Å². The van der Waals surface area contributed by atoms with Gasteiger partial charge in [0.05, 0.1) is 24.7 Å². The van der Waals surface area contributed by atoms with Gasteiger partial charge in [0.25, 0.3) is 0 Å². The Kier molecular flexibility index (Phi) is 3.67. The number of nitrogens with zero attached hydrogens (tertiary/aromatic N) is 2. The number of amides is 1. The zero-order valence-corrected chi connectivity index (χ0v) is 12.8. The Hall–Kier alpha value is -0.650. The first-order chi connectivity index (χ1) is 10.3. The van der Waals surface area contributed by atoms with E-state index in [-0.39, 0.29) is 11.5 Å². The van der Waals surface area contributed by atoms with Crippen LogP contribution in [0.15, 0.2) is 0 Å². The number of hydrogen-bond donors (Lipinski definition) is 0. The fourth-order valence-electron chi connectivity index (χ4n) is 4.43. The summed E-state index contributed by atoms with van der Waals surface area (Å²) in [6.07, 6.45) is 6.04. The molecule has 0 aromatic heterocycles. The number of carbonyl (C=O) groups is 1. The highest BCUT2D eigenvalue weighted by Gasteiger charge is 2.55. The van der Waals surface area contributed by atoms with E-state index < -0.39 is 0 Å². The summed E-state index contributed by atoms with van der Waals surface area (Å²) in [6, 6.07) is 0.723. The molecule has 3 saturated heterocycles. The normalized spacial score (nSPS) is 38.1. The minimum atomic E-state index is -0.273. The zero-order chi connectivity index (χ0) is 14.3. The van der Waals surface area contributed by atoms with Crippen molar-refractivity contribution in [3.8, 4) is 0 Å². The topological polar surface area (TPSA) is 42.0 Å². The number of morpholine rings is 1. The molecule has 1 amide bonds. The molecule has 3 aliphatic heterocycles. The van der Waals surface area contributed by atoms with Crippen LogP contribution in [0, 0.1) is 5.41 Å². The van der Waals surface area contributed by atoms with Crippen LogP contribution in [-0.2, 0) is 14.3 Å². The van der Waals surface area contributed by atoms with Crippen molar-refractivity contribution < 1.29 is 14.3 Å². The van der Waals surface area contributed by atoms with Gasteiger partial charge in [0.15, 0.2) is 0 Å². The van der Waals surface area contributed by atoms with Gasteiger partial charge in [0, 0.05) is 38.8 Å². The first-order valence-electron chi connectivity index (χ1n) is 8.52. The number of hydrogen-bond acceptors (Lipinski definition) is 4. The van der Waals surface area contributed by atoms with Gasteiger partial charge in [0.2, 0.25) is 5.91 Å². The van der Waals surface area contributed by atoms with Gasteiger partial charge in [0.1, 0.15) is 0 Å². The Morgan fingerprint density at radius 1 is 1.05 bits per heavy atom. The first-order valence-corrected chi connectivity index (χ1v) is 8.52. The second-order valence-electron chi connectivity index (χ2n) is 7.01. The lowest BCUT2D eigenvalue weighted by molar-refractivity contribution is -0.156. The van der Waals surface area contributed by atoms with Crippen molar-refractivity contribution >= 4 is 5.91 Å². The number of ether oxygens (including phenoxy) is 2. The van der Waals surface area contributed by atoms with Gasteiger partial charge in [-0.15, -0.1) is 0 Å². The van der Waals surface area contributed by atoms with Gasteiger partial charge in [-0.2, -0.15) is 0 Å². The van der Waals surface area contributed by atoms with Crippen LogP contribution in [0.25, 0.3) is 0 Å². The molecule has 4 aliphatic rings. The summed E-state index contributed by atoms with van der Waals surface area (Å²) in [7, 11) is 0. The summed E-state index contributed by atoms with van der Waals surface area (Å²) in [5, 5.41) is 0. The summed E-state index contributed by atoms with van der Waals surface area (Å²) in [4.78, 5) is 17.8. The lowest BCUT2D eigenvalue weighted by atomic mass is 9.73.